The summed E-state index contributed by atoms with van der Waals surface area (Å²) in [5.74, 6) is -1.18. The topological polar surface area (TPSA) is 72.8 Å². The van der Waals surface area contributed by atoms with E-state index in [9.17, 15) is 14.3 Å². The van der Waals surface area contributed by atoms with Crippen molar-refractivity contribution in [1.82, 2.24) is 9.62 Å². The molecule has 0 unspecified atom stereocenters. The fourth-order valence-electron chi connectivity index (χ4n) is 3.70. The Bertz CT molecular complexity index is 864. The van der Waals surface area contributed by atoms with Gasteiger partial charge in [0.15, 0.2) is 0 Å². The van der Waals surface area contributed by atoms with Crippen molar-refractivity contribution < 1.29 is 19.4 Å². The van der Waals surface area contributed by atoms with Crippen LogP contribution in [0.2, 0.25) is 0 Å². The molecule has 0 aromatic heterocycles. The molecule has 0 aliphatic rings. The van der Waals surface area contributed by atoms with Gasteiger partial charge in [-0.2, -0.15) is 0 Å². The second-order valence-corrected chi connectivity index (χ2v) is 10.5. The third kappa shape index (κ3) is 11.7. The minimum absolute atomic E-state index is 0.0701. The number of aliphatic hydroxyl groups is 1. The molecular formula is C26H37FN2O3S. The average molecular weight is 477 g/mol. The fourth-order valence-corrected chi connectivity index (χ4v) is 4.68. The number of halogens is 1. The Morgan fingerprint density at radius 2 is 1.82 bits per heavy atom. The fraction of sp³-hybridized carbons (Fsp3) is 0.500. The molecule has 2 rings (SSSR count). The summed E-state index contributed by atoms with van der Waals surface area (Å²) < 4.78 is 15.9. The number of β-amino-alcohol motifs (C(OH)–C–C–N with tert-alkyl or cyclic N) is 1. The predicted molar refractivity (Wildman–Crippen MR) is 133 cm³/mol. The van der Waals surface area contributed by atoms with E-state index in [2.05, 4.69) is 43.4 Å². The Balaban J connectivity index is 1.74. The Morgan fingerprint density at radius 3 is 2.52 bits per heavy atom. The van der Waals surface area contributed by atoms with Crippen LogP contribution >= 0.6 is 11.9 Å². The van der Waals surface area contributed by atoms with Gasteiger partial charge in [-0.1, -0.05) is 30.3 Å². The maximum absolute atomic E-state index is 14.0. The molecule has 0 radical (unpaired) electrons. The van der Waals surface area contributed by atoms with Crippen molar-refractivity contribution >= 4 is 17.9 Å². The lowest BCUT2D eigenvalue weighted by Gasteiger charge is -2.29. The number of carboxylic acids is 1. The summed E-state index contributed by atoms with van der Waals surface area (Å²) in [5.41, 5.74) is 2.05. The van der Waals surface area contributed by atoms with Crippen molar-refractivity contribution in [2.24, 2.45) is 0 Å². The van der Waals surface area contributed by atoms with Crippen LogP contribution in [0.25, 0.3) is 0 Å². The lowest BCUT2D eigenvalue weighted by molar-refractivity contribution is -0.137. The van der Waals surface area contributed by atoms with Crippen LogP contribution in [0.4, 0.5) is 4.39 Å². The third-order valence-electron chi connectivity index (χ3n) is 5.44. The molecule has 0 fully saturated rings. The lowest BCUT2D eigenvalue weighted by Crippen LogP contribution is -2.45. The molecule has 0 bridgehead atoms. The van der Waals surface area contributed by atoms with Crippen molar-refractivity contribution in [1.29, 1.82) is 0 Å². The number of carboxylic acid groups (broad SMARTS) is 1. The standard InChI is InChI=1S/C26H37FN2O3S/c1-26(2,14-8-12-20-9-5-4-6-10-20)28-18-23(30)19-29(3)33-24-16-21(15-22(27)17-24)11-7-13-25(31)32/h4-6,9-10,15-17,23,28,30H,7-8,11-14,18-19H2,1-3H3,(H,31,32)/t23-/m1/s1. The van der Waals surface area contributed by atoms with Gasteiger partial charge in [0.1, 0.15) is 5.82 Å². The molecule has 0 spiro atoms. The minimum atomic E-state index is -0.845. The van der Waals surface area contributed by atoms with Crippen molar-refractivity contribution in [3.05, 3.63) is 65.5 Å². The zero-order valence-corrected chi connectivity index (χ0v) is 20.7. The van der Waals surface area contributed by atoms with Crippen molar-refractivity contribution in [2.75, 3.05) is 20.1 Å². The summed E-state index contributed by atoms with van der Waals surface area (Å²) in [4.78, 5) is 11.4. The Labute approximate surface area is 201 Å². The van der Waals surface area contributed by atoms with Gasteiger partial charge < -0.3 is 15.5 Å². The van der Waals surface area contributed by atoms with Gasteiger partial charge in [0.05, 0.1) is 6.10 Å². The van der Waals surface area contributed by atoms with Crippen LogP contribution in [0.3, 0.4) is 0 Å². The average Bonchev–Trinajstić information content (AvgIpc) is 2.72. The molecule has 5 nitrogen and oxygen atoms in total. The number of nitrogens with zero attached hydrogens (tertiary/aromatic N) is 1. The zero-order valence-electron chi connectivity index (χ0n) is 19.9. The highest BCUT2D eigenvalue weighted by Gasteiger charge is 2.19. The van der Waals surface area contributed by atoms with Gasteiger partial charge in [-0.25, -0.2) is 8.70 Å². The van der Waals surface area contributed by atoms with E-state index in [1.807, 2.05) is 23.5 Å². The summed E-state index contributed by atoms with van der Waals surface area (Å²) in [6.45, 7) is 5.22. The maximum atomic E-state index is 14.0. The van der Waals surface area contributed by atoms with Crippen LogP contribution < -0.4 is 5.32 Å². The van der Waals surface area contributed by atoms with Crippen LogP contribution in [0.1, 0.15) is 50.7 Å². The molecule has 0 saturated heterocycles. The lowest BCUT2D eigenvalue weighted by atomic mass is 9.95. The van der Waals surface area contributed by atoms with E-state index < -0.39 is 12.1 Å². The summed E-state index contributed by atoms with van der Waals surface area (Å²) in [5, 5.41) is 22.7. The summed E-state index contributed by atoms with van der Waals surface area (Å²) in [6.07, 6.45) is 3.63. The molecule has 33 heavy (non-hydrogen) atoms. The van der Waals surface area contributed by atoms with Crippen LogP contribution in [0.5, 0.6) is 0 Å². The molecule has 0 amide bonds. The molecule has 1 atom stereocenters. The number of aliphatic hydroxyl groups excluding tert-OH is 1. The van der Waals surface area contributed by atoms with Gasteiger partial charge in [0.2, 0.25) is 0 Å². The first-order valence-electron chi connectivity index (χ1n) is 11.5. The van der Waals surface area contributed by atoms with E-state index in [0.29, 0.717) is 25.9 Å². The quantitative estimate of drug-likeness (QED) is 0.317. The van der Waals surface area contributed by atoms with E-state index in [-0.39, 0.29) is 17.8 Å². The predicted octanol–water partition coefficient (Wildman–Crippen LogP) is 4.92. The maximum Gasteiger partial charge on any atom is 0.303 e. The van der Waals surface area contributed by atoms with E-state index >= 15 is 0 Å². The van der Waals surface area contributed by atoms with Gasteiger partial charge in [-0.05, 0) is 94.3 Å². The monoisotopic (exact) mass is 476 g/mol. The second-order valence-electron chi connectivity index (χ2n) is 9.20. The highest BCUT2D eigenvalue weighted by atomic mass is 32.2. The number of hydrogen-bond acceptors (Lipinski definition) is 5. The molecular weight excluding hydrogens is 439 g/mol. The second kappa shape index (κ2) is 13.7. The minimum Gasteiger partial charge on any atom is -0.481 e. The molecule has 2 aromatic carbocycles. The molecule has 182 valence electrons. The van der Waals surface area contributed by atoms with Gasteiger partial charge in [-0.15, -0.1) is 0 Å². The van der Waals surface area contributed by atoms with Crippen molar-refractivity contribution in [3.63, 3.8) is 0 Å². The number of rotatable bonds is 15. The number of carbonyl (C=O) groups is 1. The van der Waals surface area contributed by atoms with Crippen molar-refractivity contribution in [2.45, 2.75) is 68.9 Å². The van der Waals surface area contributed by atoms with Crippen LogP contribution in [-0.2, 0) is 17.6 Å². The zero-order chi connectivity index (χ0) is 24.3. The summed E-state index contributed by atoms with van der Waals surface area (Å²) >= 11 is 1.37. The van der Waals surface area contributed by atoms with E-state index in [0.717, 1.165) is 29.7 Å². The molecule has 2 aromatic rings. The van der Waals surface area contributed by atoms with E-state index in [1.54, 1.807) is 0 Å². The highest BCUT2D eigenvalue weighted by molar-refractivity contribution is 7.97. The summed E-state index contributed by atoms with van der Waals surface area (Å²) in [7, 11) is 1.87. The van der Waals surface area contributed by atoms with Gasteiger partial charge >= 0.3 is 5.97 Å². The number of nitrogens with one attached hydrogen (secondary N) is 1. The first-order chi connectivity index (χ1) is 15.6. The number of aryl methyl sites for hydroxylation is 2. The first kappa shape index (κ1) is 27.3. The van der Waals surface area contributed by atoms with Crippen LogP contribution in [0, 0.1) is 5.82 Å². The van der Waals surface area contributed by atoms with Crippen LogP contribution in [0.15, 0.2) is 53.4 Å². The third-order valence-corrected chi connectivity index (χ3v) is 6.35. The van der Waals surface area contributed by atoms with Gasteiger partial charge in [0, 0.05) is 29.9 Å². The molecule has 0 aliphatic heterocycles. The molecule has 0 saturated carbocycles. The number of aliphatic carboxylic acids is 1. The number of benzene rings is 2. The number of hydrogen-bond donors (Lipinski definition) is 3. The molecule has 7 heteroatoms. The van der Waals surface area contributed by atoms with Crippen molar-refractivity contribution in [3.8, 4) is 0 Å². The number of likely N-dealkylation sites (N-methyl/N-ethyl adjacent to an activating group) is 1. The van der Waals surface area contributed by atoms with Gasteiger partial charge in [0.25, 0.3) is 0 Å². The molecule has 0 heterocycles. The Hall–Kier alpha value is -1.93. The highest BCUT2D eigenvalue weighted by Crippen LogP contribution is 2.24. The van der Waals surface area contributed by atoms with Gasteiger partial charge in [-0.3, -0.25) is 4.79 Å². The Kier molecular flexibility index (Phi) is 11.3. The smallest absolute Gasteiger partial charge is 0.303 e. The summed E-state index contributed by atoms with van der Waals surface area (Å²) in [6, 6.07) is 15.2. The van der Waals surface area contributed by atoms with Crippen LogP contribution in [-0.4, -0.2) is 52.3 Å². The molecule has 0 aliphatic carbocycles. The van der Waals surface area contributed by atoms with E-state index in [1.165, 1.54) is 29.6 Å². The SMILES string of the molecule is CN(C[C@H](O)CNC(C)(C)CCCc1ccccc1)Sc1cc(F)cc(CCCC(=O)O)c1. The van der Waals surface area contributed by atoms with E-state index in [4.69, 9.17) is 5.11 Å². The molecule has 3 N–H and O–H groups in total. The Morgan fingerprint density at radius 1 is 1.12 bits per heavy atom. The largest absolute Gasteiger partial charge is 0.481 e. The normalized spacial score (nSPS) is 12.8. The first-order valence-corrected chi connectivity index (χ1v) is 12.3.